The number of likely N-dealkylation sites (tertiary alicyclic amines) is 1. The maximum Gasteiger partial charge on any atom is 0.220 e. The average Bonchev–Trinajstić information content (AvgIpc) is 3.48. The molecule has 0 aliphatic carbocycles. The third kappa shape index (κ3) is 3.45. The van der Waals surface area contributed by atoms with Gasteiger partial charge in [0.2, 0.25) is 12.3 Å². The van der Waals surface area contributed by atoms with E-state index in [1.54, 1.807) is 0 Å². The minimum Gasteiger partial charge on any atom is -0.428 e. The van der Waals surface area contributed by atoms with Crippen molar-refractivity contribution < 1.29 is 4.42 Å². The largest absolute Gasteiger partial charge is 0.428 e. The minimum absolute atomic E-state index is 0.642. The lowest BCUT2D eigenvalue weighted by Gasteiger charge is -2.15. The smallest absolute Gasteiger partial charge is 0.220 e. The highest BCUT2D eigenvalue weighted by atomic mass is 16.4. The summed E-state index contributed by atoms with van der Waals surface area (Å²) in [6.45, 7) is 4.67. The normalized spacial score (nSPS) is 14.9. The fourth-order valence-corrected chi connectivity index (χ4v) is 4.22. The molecule has 0 bridgehead atoms. The van der Waals surface area contributed by atoms with Crippen LogP contribution in [0, 0.1) is 0 Å². The van der Waals surface area contributed by atoms with Gasteiger partial charge in [0.1, 0.15) is 0 Å². The van der Waals surface area contributed by atoms with Gasteiger partial charge >= 0.3 is 0 Å². The molecule has 1 aliphatic rings. The maximum absolute atomic E-state index is 5.30. The molecule has 0 saturated carbocycles. The molecule has 0 spiro atoms. The SMILES string of the molecule is c1cc(Cc2nnco2)cc(-c2cccc3c2ccn3CCN2CCCC2)c1. The Bertz CT molecular complexity index is 1060. The number of aromatic nitrogens is 3. The molecule has 28 heavy (non-hydrogen) atoms. The van der Waals surface area contributed by atoms with Crippen LogP contribution in [0.15, 0.2) is 65.5 Å². The first-order valence-corrected chi connectivity index (χ1v) is 10.0. The Morgan fingerprint density at radius 3 is 2.71 bits per heavy atom. The summed E-state index contributed by atoms with van der Waals surface area (Å²) < 4.78 is 7.68. The second kappa shape index (κ2) is 7.60. The van der Waals surface area contributed by atoms with Gasteiger partial charge < -0.3 is 13.9 Å². The molecule has 2 aromatic carbocycles. The summed E-state index contributed by atoms with van der Waals surface area (Å²) in [5.41, 5.74) is 4.97. The third-order valence-electron chi connectivity index (χ3n) is 5.67. The van der Waals surface area contributed by atoms with Gasteiger partial charge in [-0.1, -0.05) is 36.4 Å². The zero-order valence-corrected chi connectivity index (χ0v) is 15.9. The molecule has 5 heteroatoms. The number of hydrogen-bond donors (Lipinski definition) is 0. The average molecular weight is 372 g/mol. The van der Waals surface area contributed by atoms with Crippen LogP contribution >= 0.6 is 0 Å². The first kappa shape index (κ1) is 17.2. The van der Waals surface area contributed by atoms with Crippen LogP contribution in [-0.2, 0) is 13.0 Å². The Labute approximate surface area is 164 Å². The van der Waals surface area contributed by atoms with Crippen molar-refractivity contribution in [2.75, 3.05) is 19.6 Å². The van der Waals surface area contributed by atoms with Gasteiger partial charge in [-0.2, -0.15) is 0 Å². The highest BCUT2D eigenvalue weighted by molar-refractivity contribution is 5.95. The minimum atomic E-state index is 0.642. The molecule has 1 fully saturated rings. The van der Waals surface area contributed by atoms with E-state index in [2.05, 4.69) is 74.4 Å². The maximum atomic E-state index is 5.30. The van der Waals surface area contributed by atoms with Crippen molar-refractivity contribution in [3.8, 4) is 11.1 Å². The van der Waals surface area contributed by atoms with Crippen molar-refractivity contribution in [2.45, 2.75) is 25.8 Å². The lowest BCUT2D eigenvalue weighted by atomic mass is 9.99. The zero-order chi connectivity index (χ0) is 18.8. The van der Waals surface area contributed by atoms with Gasteiger partial charge in [0, 0.05) is 30.2 Å². The Balaban J connectivity index is 1.43. The van der Waals surface area contributed by atoms with Crippen LogP contribution in [0.4, 0.5) is 0 Å². The van der Waals surface area contributed by atoms with Crippen LogP contribution in [0.5, 0.6) is 0 Å². The van der Waals surface area contributed by atoms with E-state index >= 15 is 0 Å². The summed E-state index contributed by atoms with van der Waals surface area (Å²) in [4.78, 5) is 2.57. The fourth-order valence-electron chi connectivity index (χ4n) is 4.22. The molecule has 0 N–H and O–H groups in total. The molecular weight excluding hydrogens is 348 g/mol. The number of benzene rings is 2. The molecular formula is C23H24N4O. The molecule has 1 saturated heterocycles. The highest BCUT2D eigenvalue weighted by Gasteiger charge is 2.13. The molecule has 142 valence electrons. The molecule has 0 amide bonds. The van der Waals surface area contributed by atoms with E-state index in [1.807, 2.05) is 0 Å². The van der Waals surface area contributed by atoms with Crippen molar-refractivity contribution in [1.82, 2.24) is 19.7 Å². The molecule has 5 rings (SSSR count). The number of nitrogens with zero attached hydrogens (tertiary/aromatic N) is 4. The van der Waals surface area contributed by atoms with E-state index in [0.29, 0.717) is 12.3 Å². The standard InChI is InChI=1S/C23H24N4O/c1-2-11-26(10-1)13-14-27-12-9-21-20(7-4-8-22(21)27)19-6-3-5-18(15-19)16-23-25-24-17-28-23/h3-9,12,15,17H,1-2,10-11,13-14,16H2. The Hall–Kier alpha value is -2.92. The van der Waals surface area contributed by atoms with Crippen molar-refractivity contribution in [3.05, 3.63) is 72.6 Å². The molecule has 1 aliphatic heterocycles. The first-order valence-electron chi connectivity index (χ1n) is 10.0. The molecule has 4 aromatic rings. The van der Waals surface area contributed by atoms with Crippen LogP contribution < -0.4 is 0 Å². The van der Waals surface area contributed by atoms with E-state index in [0.717, 1.165) is 13.1 Å². The van der Waals surface area contributed by atoms with Crippen LogP contribution in [0.1, 0.15) is 24.3 Å². The van der Waals surface area contributed by atoms with Crippen molar-refractivity contribution >= 4 is 10.9 Å². The van der Waals surface area contributed by atoms with E-state index in [-0.39, 0.29) is 0 Å². The van der Waals surface area contributed by atoms with Crippen LogP contribution in [-0.4, -0.2) is 39.3 Å². The lowest BCUT2D eigenvalue weighted by Crippen LogP contribution is -2.23. The molecule has 2 aromatic heterocycles. The molecule has 0 unspecified atom stereocenters. The van der Waals surface area contributed by atoms with Crippen molar-refractivity contribution in [1.29, 1.82) is 0 Å². The highest BCUT2D eigenvalue weighted by Crippen LogP contribution is 2.30. The van der Waals surface area contributed by atoms with Gasteiger partial charge in [0.15, 0.2) is 0 Å². The van der Waals surface area contributed by atoms with Gasteiger partial charge in [-0.15, -0.1) is 10.2 Å². The van der Waals surface area contributed by atoms with E-state index < -0.39 is 0 Å². The second-order valence-corrected chi connectivity index (χ2v) is 7.51. The summed E-state index contributed by atoms with van der Waals surface area (Å²) in [5.74, 6) is 0.642. The van der Waals surface area contributed by atoms with Crippen molar-refractivity contribution in [3.63, 3.8) is 0 Å². The van der Waals surface area contributed by atoms with E-state index in [1.165, 1.54) is 59.9 Å². The predicted molar refractivity (Wildman–Crippen MR) is 110 cm³/mol. The predicted octanol–water partition coefficient (Wildman–Crippen LogP) is 4.38. The van der Waals surface area contributed by atoms with Crippen LogP contribution in [0.3, 0.4) is 0 Å². The van der Waals surface area contributed by atoms with Gasteiger partial charge in [-0.25, -0.2) is 0 Å². The zero-order valence-electron chi connectivity index (χ0n) is 15.9. The summed E-state index contributed by atoms with van der Waals surface area (Å²) in [5, 5.41) is 9.07. The summed E-state index contributed by atoms with van der Waals surface area (Å²) in [6, 6.07) is 17.4. The third-order valence-corrected chi connectivity index (χ3v) is 5.67. The summed E-state index contributed by atoms with van der Waals surface area (Å²) >= 11 is 0. The molecule has 0 atom stereocenters. The van der Waals surface area contributed by atoms with Gasteiger partial charge in [-0.3, -0.25) is 0 Å². The number of fused-ring (bicyclic) bond motifs is 1. The van der Waals surface area contributed by atoms with Gasteiger partial charge in [0.05, 0.1) is 6.42 Å². The van der Waals surface area contributed by atoms with E-state index in [9.17, 15) is 0 Å². The second-order valence-electron chi connectivity index (χ2n) is 7.51. The molecule has 3 heterocycles. The Morgan fingerprint density at radius 2 is 1.86 bits per heavy atom. The number of rotatable bonds is 6. The summed E-state index contributed by atoms with van der Waals surface area (Å²) in [6.07, 6.45) is 6.95. The quantitative estimate of drug-likeness (QED) is 0.504. The Kier molecular flexibility index (Phi) is 4.67. The first-order chi connectivity index (χ1) is 13.9. The number of hydrogen-bond acceptors (Lipinski definition) is 4. The lowest BCUT2D eigenvalue weighted by molar-refractivity contribution is 0.324. The Morgan fingerprint density at radius 1 is 0.964 bits per heavy atom. The summed E-state index contributed by atoms with van der Waals surface area (Å²) in [7, 11) is 0. The van der Waals surface area contributed by atoms with Gasteiger partial charge in [0.25, 0.3) is 0 Å². The topological polar surface area (TPSA) is 47.1 Å². The molecule has 0 radical (unpaired) electrons. The molecule has 5 nitrogen and oxygen atoms in total. The monoisotopic (exact) mass is 372 g/mol. The fraction of sp³-hybridized carbons (Fsp3) is 0.304. The van der Waals surface area contributed by atoms with Crippen LogP contribution in [0.25, 0.3) is 22.0 Å². The van der Waals surface area contributed by atoms with Gasteiger partial charge in [-0.05, 0) is 54.8 Å². The van der Waals surface area contributed by atoms with E-state index in [4.69, 9.17) is 4.42 Å². The van der Waals surface area contributed by atoms with Crippen LogP contribution in [0.2, 0.25) is 0 Å². The van der Waals surface area contributed by atoms with Crippen molar-refractivity contribution in [2.24, 2.45) is 0 Å².